The van der Waals surface area contributed by atoms with E-state index in [1.54, 1.807) is 0 Å². The van der Waals surface area contributed by atoms with Crippen molar-refractivity contribution in [3.63, 3.8) is 0 Å². The molecule has 9 heavy (non-hydrogen) atoms. The summed E-state index contributed by atoms with van der Waals surface area (Å²) in [6, 6.07) is 2.59. The molecule has 0 saturated heterocycles. The number of hydrogen-bond acceptors (Lipinski definition) is 2. The van der Waals surface area contributed by atoms with Crippen molar-refractivity contribution in [3.8, 4) is 6.07 Å². The number of nitrogens with zero attached hydrogens (tertiary/aromatic N) is 1. The molecule has 1 aliphatic rings. The van der Waals surface area contributed by atoms with Crippen LogP contribution in [0.4, 0.5) is 0 Å². The molecule has 0 fully saturated rings. The molecule has 0 saturated carbocycles. The smallest absolute Gasteiger partial charge is 0.0843 e. The molecule has 48 valence electrons. The van der Waals surface area contributed by atoms with E-state index in [0.717, 1.165) is 12.8 Å². The lowest BCUT2D eigenvalue weighted by Crippen LogP contribution is -2.26. The molecular formula is C7H10N2. The van der Waals surface area contributed by atoms with Gasteiger partial charge in [-0.25, -0.2) is 0 Å². The number of nitrogens with one attached hydrogen (secondary N) is 1. The summed E-state index contributed by atoms with van der Waals surface area (Å²) in [5.74, 6) is 0. The zero-order chi connectivity index (χ0) is 6.53. The van der Waals surface area contributed by atoms with E-state index in [2.05, 4.69) is 23.5 Å². The van der Waals surface area contributed by atoms with E-state index in [0.29, 0.717) is 12.6 Å². The van der Waals surface area contributed by atoms with Crippen molar-refractivity contribution in [1.29, 1.82) is 5.26 Å². The third-order valence-electron chi connectivity index (χ3n) is 1.48. The Morgan fingerprint density at radius 3 is 2.78 bits per heavy atom. The van der Waals surface area contributed by atoms with Crippen LogP contribution < -0.4 is 5.32 Å². The first-order chi connectivity index (χ1) is 4.43. The number of hydrogen-bond donors (Lipinski definition) is 1. The number of nitriles is 1. The van der Waals surface area contributed by atoms with E-state index in [9.17, 15) is 0 Å². The molecular weight excluding hydrogens is 112 g/mol. The molecule has 0 aromatic carbocycles. The van der Waals surface area contributed by atoms with E-state index in [4.69, 9.17) is 5.26 Å². The van der Waals surface area contributed by atoms with Crippen molar-refractivity contribution < 1.29 is 0 Å². The maximum absolute atomic E-state index is 8.19. The molecule has 1 aliphatic carbocycles. The third kappa shape index (κ3) is 1.87. The Hall–Kier alpha value is -0.810. The predicted molar refractivity (Wildman–Crippen MR) is 35.8 cm³/mol. The highest BCUT2D eigenvalue weighted by Crippen LogP contribution is 2.07. The topological polar surface area (TPSA) is 35.8 Å². The molecule has 0 amide bonds. The molecule has 0 unspecified atom stereocenters. The van der Waals surface area contributed by atoms with Crippen molar-refractivity contribution in [2.75, 3.05) is 6.54 Å². The van der Waals surface area contributed by atoms with Crippen LogP contribution in [0.25, 0.3) is 0 Å². The summed E-state index contributed by atoms with van der Waals surface area (Å²) in [6.45, 7) is 0.479. The Bertz CT molecular complexity index is 135. The molecule has 2 heteroatoms. The highest BCUT2D eigenvalue weighted by Gasteiger charge is 2.06. The molecule has 0 spiro atoms. The van der Waals surface area contributed by atoms with Crippen LogP contribution in [0.1, 0.15) is 12.8 Å². The monoisotopic (exact) mass is 122 g/mol. The summed E-state index contributed by atoms with van der Waals surface area (Å²) >= 11 is 0. The van der Waals surface area contributed by atoms with Gasteiger partial charge in [-0.3, -0.25) is 0 Å². The predicted octanol–water partition coefficient (Wildman–Crippen LogP) is 0.818. The lowest BCUT2D eigenvalue weighted by molar-refractivity contribution is 0.576. The average molecular weight is 122 g/mol. The lowest BCUT2D eigenvalue weighted by Gasteiger charge is -2.06. The van der Waals surface area contributed by atoms with Gasteiger partial charge < -0.3 is 5.32 Å². The highest BCUT2D eigenvalue weighted by atomic mass is 14.9. The fourth-order valence-electron chi connectivity index (χ4n) is 0.974. The minimum absolute atomic E-state index is 0.479. The fraction of sp³-hybridized carbons (Fsp3) is 0.571. The van der Waals surface area contributed by atoms with Crippen molar-refractivity contribution in [1.82, 2.24) is 5.32 Å². The van der Waals surface area contributed by atoms with Gasteiger partial charge in [0.05, 0.1) is 12.6 Å². The largest absolute Gasteiger partial charge is 0.301 e. The van der Waals surface area contributed by atoms with Crippen LogP contribution in [0, 0.1) is 11.3 Å². The fourth-order valence-corrected chi connectivity index (χ4v) is 0.974. The molecule has 1 N–H and O–H groups in total. The molecule has 0 bridgehead atoms. The van der Waals surface area contributed by atoms with Crippen molar-refractivity contribution in [2.24, 2.45) is 0 Å². The van der Waals surface area contributed by atoms with Gasteiger partial charge >= 0.3 is 0 Å². The van der Waals surface area contributed by atoms with Crippen LogP contribution in [-0.2, 0) is 0 Å². The van der Waals surface area contributed by atoms with Gasteiger partial charge in [0.25, 0.3) is 0 Å². The quantitative estimate of drug-likeness (QED) is 0.434. The van der Waals surface area contributed by atoms with E-state index in [1.807, 2.05) is 0 Å². The zero-order valence-corrected chi connectivity index (χ0v) is 5.30. The van der Waals surface area contributed by atoms with Crippen LogP contribution in [0.5, 0.6) is 0 Å². The molecule has 0 aliphatic heterocycles. The Morgan fingerprint density at radius 1 is 1.56 bits per heavy atom. The highest BCUT2D eigenvalue weighted by molar-refractivity contribution is 4.98. The summed E-state index contributed by atoms with van der Waals surface area (Å²) in [6.07, 6.45) is 6.47. The van der Waals surface area contributed by atoms with E-state index in [1.165, 1.54) is 0 Å². The van der Waals surface area contributed by atoms with Crippen molar-refractivity contribution in [2.45, 2.75) is 18.9 Å². The van der Waals surface area contributed by atoms with Gasteiger partial charge in [0, 0.05) is 6.04 Å². The van der Waals surface area contributed by atoms with Crippen LogP contribution in [0.3, 0.4) is 0 Å². The minimum Gasteiger partial charge on any atom is -0.301 e. The number of rotatable bonds is 2. The van der Waals surface area contributed by atoms with Gasteiger partial charge in [-0.1, -0.05) is 12.2 Å². The zero-order valence-electron chi connectivity index (χ0n) is 5.30. The van der Waals surface area contributed by atoms with E-state index in [-0.39, 0.29) is 0 Å². The molecule has 0 atom stereocenters. The normalized spacial score (nSPS) is 18.1. The van der Waals surface area contributed by atoms with Gasteiger partial charge in [-0.05, 0) is 12.8 Å². The lowest BCUT2D eigenvalue weighted by atomic mass is 10.2. The molecule has 0 heterocycles. The van der Waals surface area contributed by atoms with Crippen molar-refractivity contribution >= 4 is 0 Å². The summed E-state index contributed by atoms with van der Waals surface area (Å²) in [5, 5.41) is 11.3. The summed E-state index contributed by atoms with van der Waals surface area (Å²) < 4.78 is 0. The van der Waals surface area contributed by atoms with Crippen LogP contribution >= 0.6 is 0 Å². The molecule has 2 nitrogen and oxygen atoms in total. The van der Waals surface area contributed by atoms with Gasteiger partial charge in [-0.15, -0.1) is 0 Å². The summed E-state index contributed by atoms with van der Waals surface area (Å²) in [7, 11) is 0. The van der Waals surface area contributed by atoms with E-state index >= 15 is 0 Å². The molecule has 1 rings (SSSR count). The van der Waals surface area contributed by atoms with Crippen LogP contribution in [0.15, 0.2) is 12.2 Å². The second kappa shape index (κ2) is 3.26. The van der Waals surface area contributed by atoms with Crippen LogP contribution in [-0.4, -0.2) is 12.6 Å². The van der Waals surface area contributed by atoms with Gasteiger partial charge in [0.1, 0.15) is 0 Å². The molecule has 0 aromatic heterocycles. The van der Waals surface area contributed by atoms with E-state index < -0.39 is 0 Å². The maximum Gasteiger partial charge on any atom is 0.0843 e. The Morgan fingerprint density at radius 2 is 2.22 bits per heavy atom. The Balaban J connectivity index is 2.09. The summed E-state index contributed by atoms with van der Waals surface area (Å²) in [4.78, 5) is 0. The maximum atomic E-state index is 8.19. The van der Waals surface area contributed by atoms with Gasteiger partial charge in [0.15, 0.2) is 0 Å². The molecule has 0 aromatic rings. The Labute approximate surface area is 55.2 Å². The first-order valence-corrected chi connectivity index (χ1v) is 3.19. The van der Waals surface area contributed by atoms with Gasteiger partial charge in [0.2, 0.25) is 0 Å². The third-order valence-corrected chi connectivity index (χ3v) is 1.48. The van der Waals surface area contributed by atoms with Crippen molar-refractivity contribution in [3.05, 3.63) is 12.2 Å². The average Bonchev–Trinajstić information content (AvgIpc) is 2.34. The Kier molecular flexibility index (Phi) is 2.29. The SMILES string of the molecule is N#CCNC1CC=CC1. The standard InChI is InChI=1S/C7H10N2/c8-5-6-9-7-3-1-2-4-7/h1-2,7,9H,3-4,6H2. The minimum atomic E-state index is 0.479. The second-order valence-electron chi connectivity index (χ2n) is 2.18. The second-order valence-corrected chi connectivity index (χ2v) is 2.18. The van der Waals surface area contributed by atoms with Crippen LogP contribution in [0.2, 0.25) is 0 Å². The first-order valence-electron chi connectivity index (χ1n) is 3.19. The molecule has 0 radical (unpaired) electrons. The van der Waals surface area contributed by atoms with Gasteiger partial charge in [-0.2, -0.15) is 5.26 Å². The first kappa shape index (κ1) is 6.31. The summed E-state index contributed by atoms with van der Waals surface area (Å²) in [5.41, 5.74) is 0.